The summed E-state index contributed by atoms with van der Waals surface area (Å²) in [6.07, 6.45) is -1.27. The van der Waals surface area contributed by atoms with E-state index >= 15 is 0 Å². The molecule has 2 aromatic carbocycles. The molecule has 1 aliphatic carbocycles. The van der Waals surface area contributed by atoms with Crippen LogP contribution in [0, 0.1) is 5.92 Å². The molecule has 4 rings (SSSR count). The number of halogens is 3. The average molecular weight is 468 g/mol. The number of carbonyl (C=O) groups excluding carboxylic acids is 1. The summed E-state index contributed by atoms with van der Waals surface area (Å²) < 4.78 is 68.5. The third-order valence-corrected chi connectivity index (χ3v) is 7.76. The second-order valence-electron chi connectivity index (χ2n) is 8.03. The van der Waals surface area contributed by atoms with Gasteiger partial charge < -0.3 is 10.1 Å². The van der Waals surface area contributed by atoms with E-state index < -0.39 is 28.1 Å². The molecule has 1 aliphatic heterocycles. The zero-order valence-electron chi connectivity index (χ0n) is 17.2. The highest BCUT2D eigenvalue weighted by molar-refractivity contribution is 7.89. The van der Waals surface area contributed by atoms with E-state index in [4.69, 9.17) is 0 Å². The topological polar surface area (TPSA) is 75.7 Å². The zero-order chi connectivity index (χ0) is 22.9. The number of piperidine rings is 1. The highest BCUT2D eigenvalue weighted by atomic mass is 32.2. The van der Waals surface area contributed by atoms with Crippen LogP contribution in [-0.2, 0) is 27.7 Å². The van der Waals surface area contributed by atoms with Crippen LogP contribution in [0.1, 0.15) is 30.4 Å². The number of fused-ring (bicyclic) bond motifs is 1. The zero-order valence-corrected chi connectivity index (χ0v) is 18.0. The number of alkyl halides is 3. The van der Waals surface area contributed by atoms with Crippen molar-refractivity contribution in [1.82, 2.24) is 4.31 Å². The number of nitrogens with zero attached hydrogens (tertiary/aromatic N) is 1. The predicted molar refractivity (Wildman–Crippen MR) is 112 cm³/mol. The highest BCUT2D eigenvalue weighted by Gasteiger charge is 2.33. The molecule has 1 fully saturated rings. The molecule has 1 amide bonds. The van der Waals surface area contributed by atoms with E-state index in [9.17, 15) is 26.4 Å². The summed E-state index contributed by atoms with van der Waals surface area (Å²) in [6.45, 7) is 0.406. The first kappa shape index (κ1) is 22.6. The van der Waals surface area contributed by atoms with Crippen molar-refractivity contribution < 1.29 is 31.1 Å². The van der Waals surface area contributed by atoms with Crippen LogP contribution in [0.4, 0.5) is 18.9 Å². The molecule has 0 atom stereocenters. The normalized spacial score (nSPS) is 17.7. The van der Waals surface area contributed by atoms with Crippen molar-refractivity contribution in [1.29, 1.82) is 0 Å². The number of anilines is 1. The van der Waals surface area contributed by atoms with E-state index in [1.54, 1.807) is 12.1 Å². The second-order valence-corrected chi connectivity index (χ2v) is 9.97. The number of hydrogen-bond acceptors (Lipinski definition) is 4. The van der Waals surface area contributed by atoms with Crippen LogP contribution >= 0.6 is 0 Å². The fraction of sp³-hybridized carbons (Fsp3) is 0.409. The molecular formula is C22H23F3N2O4S. The van der Waals surface area contributed by atoms with Gasteiger partial charge in [0.2, 0.25) is 15.9 Å². The third kappa shape index (κ3) is 5.07. The number of amides is 1. The SMILES string of the molecule is O=C(Nc1cccc(OC(F)(F)F)c1)C1CCN(S(=O)(=O)c2ccc3c(c2)CCC3)CC1. The molecule has 172 valence electrons. The van der Waals surface area contributed by atoms with Crippen LogP contribution in [0.3, 0.4) is 0 Å². The van der Waals surface area contributed by atoms with Crippen molar-refractivity contribution >= 4 is 21.6 Å². The molecule has 1 heterocycles. The number of benzene rings is 2. The van der Waals surface area contributed by atoms with Crippen LogP contribution in [0.25, 0.3) is 0 Å². The van der Waals surface area contributed by atoms with Crippen molar-refractivity contribution in [3.63, 3.8) is 0 Å². The van der Waals surface area contributed by atoms with E-state index in [1.807, 2.05) is 6.07 Å². The summed E-state index contributed by atoms with van der Waals surface area (Å²) in [5.41, 5.74) is 2.46. The Morgan fingerprint density at radius 2 is 1.75 bits per heavy atom. The minimum absolute atomic E-state index is 0.185. The molecule has 2 aliphatic rings. The third-order valence-electron chi connectivity index (χ3n) is 5.87. The highest BCUT2D eigenvalue weighted by Crippen LogP contribution is 2.30. The van der Waals surface area contributed by atoms with E-state index in [2.05, 4.69) is 10.1 Å². The Bertz CT molecular complexity index is 1110. The first-order valence-corrected chi connectivity index (χ1v) is 11.8. The van der Waals surface area contributed by atoms with Crippen molar-refractivity contribution in [2.75, 3.05) is 18.4 Å². The number of carbonyl (C=O) groups is 1. The Morgan fingerprint density at radius 3 is 2.47 bits per heavy atom. The number of hydrogen-bond donors (Lipinski definition) is 1. The van der Waals surface area contributed by atoms with Crippen LogP contribution < -0.4 is 10.1 Å². The van der Waals surface area contributed by atoms with Crippen molar-refractivity contribution in [3.8, 4) is 5.75 Å². The second kappa shape index (κ2) is 8.74. The number of nitrogens with one attached hydrogen (secondary N) is 1. The van der Waals surface area contributed by atoms with Gasteiger partial charge >= 0.3 is 6.36 Å². The Kier molecular flexibility index (Phi) is 6.17. The van der Waals surface area contributed by atoms with Gasteiger partial charge in [-0.2, -0.15) is 4.31 Å². The van der Waals surface area contributed by atoms with Crippen molar-refractivity contribution in [2.24, 2.45) is 5.92 Å². The van der Waals surface area contributed by atoms with E-state index in [1.165, 1.54) is 22.0 Å². The summed E-state index contributed by atoms with van der Waals surface area (Å²) in [5, 5.41) is 2.60. The minimum Gasteiger partial charge on any atom is -0.406 e. The van der Waals surface area contributed by atoms with Gasteiger partial charge in [0.25, 0.3) is 0 Å². The Morgan fingerprint density at radius 1 is 1.03 bits per heavy atom. The van der Waals surface area contributed by atoms with Gasteiger partial charge in [-0.1, -0.05) is 12.1 Å². The summed E-state index contributed by atoms with van der Waals surface area (Å²) in [5.74, 6) is -1.22. The van der Waals surface area contributed by atoms with Gasteiger partial charge in [-0.25, -0.2) is 8.42 Å². The van der Waals surface area contributed by atoms with Gasteiger partial charge in [0.05, 0.1) is 4.90 Å². The van der Waals surface area contributed by atoms with E-state index in [0.717, 1.165) is 37.0 Å². The fourth-order valence-electron chi connectivity index (χ4n) is 4.23. The molecule has 0 unspecified atom stereocenters. The largest absolute Gasteiger partial charge is 0.573 e. The molecule has 0 aromatic heterocycles. The van der Waals surface area contributed by atoms with Crippen LogP contribution in [-0.4, -0.2) is 38.1 Å². The monoisotopic (exact) mass is 468 g/mol. The first-order chi connectivity index (χ1) is 15.1. The van der Waals surface area contributed by atoms with Crippen LogP contribution in [0.15, 0.2) is 47.4 Å². The fourth-order valence-corrected chi connectivity index (χ4v) is 5.75. The lowest BCUT2D eigenvalue weighted by Crippen LogP contribution is -2.41. The lowest BCUT2D eigenvalue weighted by molar-refractivity contribution is -0.274. The maximum Gasteiger partial charge on any atom is 0.573 e. The predicted octanol–water partition coefficient (Wildman–Crippen LogP) is 4.11. The molecule has 10 heteroatoms. The molecule has 6 nitrogen and oxygen atoms in total. The number of aryl methyl sites for hydroxylation is 2. The van der Waals surface area contributed by atoms with E-state index in [0.29, 0.717) is 12.8 Å². The van der Waals surface area contributed by atoms with E-state index in [-0.39, 0.29) is 29.6 Å². The Labute approximate surface area is 184 Å². The van der Waals surface area contributed by atoms with Crippen molar-refractivity contribution in [3.05, 3.63) is 53.6 Å². The average Bonchev–Trinajstić information content (AvgIpc) is 3.21. The number of rotatable bonds is 5. The summed E-state index contributed by atoms with van der Waals surface area (Å²) in [4.78, 5) is 12.9. The van der Waals surface area contributed by atoms with Gasteiger partial charge in [0.1, 0.15) is 5.75 Å². The number of sulfonamides is 1. The molecule has 0 bridgehead atoms. The smallest absolute Gasteiger partial charge is 0.406 e. The Balaban J connectivity index is 1.36. The van der Waals surface area contributed by atoms with Crippen LogP contribution in [0.2, 0.25) is 0 Å². The van der Waals surface area contributed by atoms with Gasteiger partial charge in [0.15, 0.2) is 0 Å². The van der Waals surface area contributed by atoms with Gasteiger partial charge in [-0.15, -0.1) is 13.2 Å². The molecule has 0 spiro atoms. The van der Waals surface area contributed by atoms with Gasteiger partial charge in [-0.3, -0.25) is 4.79 Å². The lowest BCUT2D eigenvalue weighted by atomic mass is 9.97. The lowest BCUT2D eigenvalue weighted by Gasteiger charge is -2.30. The molecule has 32 heavy (non-hydrogen) atoms. The minimum atomic E-state index is -4.82. The summed E-state index contributed by atoms with van der Waals surface area (Å²) in [6, 6.07) is 10.3. The van der Waals surface area contributed by atoms with Gasteiger partial charge in [0, 0.05) is 30.8 Å². The molecular weight excluding hydrogens is 445 g/mol. The maximum absolute atomic E-state index is 13.0. The molecule has 0 radical (unpaired) electrons. The maximum atomic E-state index is 13.0. The standard InChI is InChI=1S/C22H23F3N2O4S/c23-22(24,25)31-19-6-2-5-18(14-19)26-21(28)16-9-11-27(12-10-16)32(29,30)20-8-7-15-3-1-4-17(15)13-20/h2,5-8,13-14,16H,1,3-4,9-12H2,(H,26,28). The summed E-state index contributed by atoms with van der Waals surface area (Å²) >= 11 is 0. The summed E-state index contributed by atoms with van der Waals surface area (Å²) in [7, 11) is -3.64. The molecule has 1 saturated heterocycles. The molecule has 0 saturated carbocycles. The molecule has 1 N–H and O–H groups in total. The Hall–Kier alpha value is -2.59. The quantitative estimate of drug-likeness (QED) is 0.717. The first-order valence-electron chi connectivity index (χ1n) is 10.4. The molecule has 2 aromatic rings. The number of ether oxygens (including phenoxy) is 1. The van der Waals surface area contributed by atoms with Gasteiger partial charge in [-0.05, 0) is 67.5 Å². The van der Waals surface area contributed by atoms with Crippen molar-refractivity contribution in [2.45, 2.75) is 43.4 Å². The van der Waals surface area contributed by atoms with Crippen LogP contribution in [0.5, 0.6) is 5.75 Å².